The lowest BCUT2D eigenvalue weighted by Crippen LogP contribution is -2.38. The quantitative estimate of drug-likeness (QED) is 0.408. The highest BCUT2D eigenvalue weighted by molar-refractivity contribution is 14.0. The molecule has 24 heavy (non-hydrogen) atoms. The third-order valence-corrected chi connectivity index (χ3v) is 3.66. The topological polar surface area (TPSA) is 45.5 Å². The number of rotatable bonds is 6. The molecule has 1 aromatic heterocycles. The number of aliphatic imine (C=N–C) groups is 1. The first-order chi connectivity index (χ1) is 11.1. The van der Waals surface area contributed by atoms with Crippen molar-refractivity contribution < 1.29 is 0 Å². The van der Waals surface area contributed by atoms with Crippen molar-refractivity contribution in [3.05, 3.63) is 52.8 Å². The van der Waals surface area contributed by atoms with Gasteiger partial charge in [-0.15, -0.1) is 24.0 Å². The normalized spacial score (nSPS) is 11.1. The van der Waals surface area contributed by atoms with Gasteiger partial charge in [-0.1, -0.05) is 23.7 Å². The van der Waals surface area contributed by atoms with E-state index in [9.17, 15) is 0 Å². The smallest absolute Gasteiger partial charge is 0.193 e. The molecule has 0 saturated heterocycles. The number of nitrogens with one attached hydrogen (secondary N) is 1. The van der Waals surface area contributed by atoms with Crippen LogP contribution in [0.25, 0.3) is 0 Å². The highest BCUT2D eigenvalue weighted by Crippen LogP contribution is 2.12. The second-order valence-electron chi connectivity index (χ2n) is 5.49. The predicted octanol–water partition coefficient (Wildman–Crippen LogP) is 3.33. The Labute approximate surface area is 166 Å². The average molecular weight is 462 g/mol. The number of guanidine groups is 1. The molecule has 2 aromatic rings. The van der Waals surface area contributed by atoms with E-state index in [1.165, 1.54) is 5.56 Å². The van der Waals surface area contributed by atoms with Crippen molar-refractivity contribution in [3.63, 3.8) is 0 Å². The molecule has 0 fully saturated rings. The van der Waals surface area contributed by atoms with E-state index in [1.54, 1.807) is 0 Å². The van der Waals surface area contributed by atoms with Gasteiger partial charge in [0.2, 0.25) is 0 Å². The van der Waals surface area contributed by atoms with Crippen molar-refractivity contribution in [1.82, 2.24) is 20.0 Å². The van der Waals surface area contributed by atoms with Gasteiger partial charge in [0.15, 0.2) is 5.96 Å². The van der Waals surface area contributed by atoms with Gasteiger partial charge < -0.3 is 10.2 Å². The number of benzene rings is 1. The summed E-state index contributed by atoms with van der Waals surface area (Å²) in [6.07, 6.45) is 4.80. The minimum absolute atomic E-state index is 0. The van der Waals surface area contributed by atoms with Crippen LogP contribution in [0.1, 0.15) is 18.1 Å². The van der Waals surface area contributed by atoms with Crippen LogP contribution in [0.5, 0.6) is 0 Å². The first-order valence-electron chi connectivity index (χ1n) is 7.80. The highest BCUT2D eigenvalue weighted by Gasteiger charge is 2.07. The van der Waals surface area contributed by atoms with Gasteiger partial charge in [0, 0.05) is 44.9 Å². The summed E-state index contributed by atoms with van der Waals surface area (Å²) < 4.78 is 1.82. The van der Waals surface area contributed by atoms with Gasteiger partial charge >= 0.3 is 0 Å². The molecule has 1 aromatic carbocycles. The maximum atomic E-state index is 6.05. The summed E-state index contributed by atoms with van der Waals surface area (Å²) in [5.74, 6) is 0.899. The van der Waals surface area contributed by atoms with E-state index >= 15 is 0 Å². The van der Waals surface area contributed by atoms with Crippen LogP contribution in [-0.4, -0.2) is 40.8 Å². The molecule has 0 spiro atoms. The Hall–Kier alpha value is -1.28. The monoisotopic (exact) mass is 461 g/mol. The second kappa shape index (κ2) is 10.6. The van der Waals surface area contributed by atoms with Crippen LogP contribution in [-0.2, 0) is 20.0 Å². The predicted molar refractivity (Wildman–Crippen MR) is 111 cm³/mol. The number of aryl methyl sites for hydroxylation is 1. The van der Waals surface area contributed by atoms with E-state index in [2.05, 4.69) is 28.3 Å². The molecule has 0 aliphatic carbocycles. The molecule has 0 radical (unpaired) electrons. The molecule has 0 atom stereocenters. The molecule has 0 aliphatic rings. The van der Waals surface area contributed by atoms with Gasteiger partial charge in [0.25, 0.3) is 0 Å². The van der Waals surface area contributed by atoms with Crippen molar-refractivity contribution >= 4 is 41.5 Å². The lowest BCUT2D eigenvalue weighted by molar-refractivity contribution is 0.477. The standard InChI is InChI=1S/C17H24ClN5.HI/c1-4-19-17(20-9-8-15-11-21-23(3)13-15)22(2)12-14-6-5-7-16(18)10-14;/h5-7,10-11,13H,4,8-9,12H2,1-3H3,(H,19,20);1H. The maximum absolute atomic E-state index is 6.05. The maximum Gasteiger partial charge on any atom is 0.193 e. The highest BCUT2D eigenvalue weighted by atomic mass is 127. The number of hydrogen-bond donors (Lipinski definition) is 1. The van der Waals surface area contributed by atoms with Crippen molar-refractivity contribution in [2.75, 3.05) is 20.1 Å². The molecular weight excluding hydrogens is 437 g/mol. The second-order valence-corrected chi connectivity index (χ2v) is 5.93. The first kappa shape index (κ1) is 20.8. The Morgan fingerprint density at radius 2 is 2.17 bits per heavy atom. The van der Waals surface area contributed by atoms with Gasteiger partial charge in [-0.2, -0.15) is 5.10 Å². The van der Waals surface area contributed by atoms with E-state index in [4.69, 9.17) is 16.6 Å². The fourth-order valence-electron chi connectivity index (χ4n) is 2.35. The number of halogens is 2. The Balaban J connectivity index is 0.00000288. The van der Waals surface area contributed by atoms with Gasteiger partial charge in [-0.05, 0) is 36.6 Å². The molecule has 5 nitrogen and oxygen atoms in total. The van der Waals surface area contributed by atoms with E-state index in [1.807, 2.05) is 49.4 Å². The van der Waals surface area contributed by atoms with E-state index < -0.39 is 0 Å². The SMILES string of the molecule is CCNC(=NCCc1cnn(C)c1)N(C)Cc1cccc(Cl)c1.I. The molecule has 0 amide bonds. The Kier molecular flexibility index (Phi) is 9.13. The molecule has 1 N–H and O–H groups in total. The fraction of sp³-hybridized carbons (Fsp3) is 0.412. The summed E-state index contributed by atoms with van der Waals surface area (Å²) in [5.41, 5.74) is 2.36. The van der Waals surface area contributed by atoms with Crippen molar-refractivity contribution in [3.8, 4) is 0 Å². The van der Waals surface area contributed by atoms with Gasteiger partial charge in [-0.3, -0.25) is 9.67 Å². The zero-order valence-corrected chi connectivity index (χ0v) is 17.5. The number of nitrogens with zero attached hydrogens (tertiary/aromatic N) is 4. The molecule has 0 bridgehead atoms. The summed E-state index contributed by atoms with van der Waals surface area (Å²) in [7, 11) is 3.96. The van der Waals surface area contributed by atoms with E-state index in [-0.39, 0.29) is 24.0 Å². The summed E-state index contributed by atoms with van der Waals surface area (Å²) in [6, 6.07) is 7.91. The minimum atomic E-state index is 0. The lowest BCUT2D eigenvalue weighted by Gasteiger charge is -2.22. The fourth-order valence-corrected chi connectivity index (χ4v) is 2.56. The molecule has 0 saturated carbocycles. The molecule has 7 heteroatoms. The lowest BCUT2D eigenvalue weighted by atomic mass is 10.2. The third kappa shape index (κ3) is 6.68. The van der Waals surface area contributed by atoms with Crippen LogP contribution in [0.3, 0.4) is 0 Å². The molecule has 1 heterocycles. The van der Waals surface area contributed by atoms with Crippen LogP contribution >= 0.6 is 35.6 Å². The van der Waals surface area contributed by atoms with Crippen molar-refractivity contribution in [2.45, 2.75) is 19.9 Å². The Bertz CT molecular complexity index is 656. The Morgan fingerprint density at radius 1 is 1.38 bits per heavy atom. The zero-order valence-electron chi connectivity index (χ0n) is 14.4. The summed E-state index contributed by atoms with van der Waals surface area (Å²) >= 11 is 6.05. The third-order valence-electron chi connectivity index (χ3n) is 3.43. The summed E-state index contributed by atoms with van der Waals surface area (Å²) in [4.78, 5) is 6.81. The summed E-state index contributed by atoms with van der Waals surface area (Å²) in [5, 5.41) is 8.27. The molecular formula is C17H25ClIN5. The summed E-state index contributed by atoms with van der Waals surface area (Å²) in [6.45, 7) is 4.41. The van der Waals surface area contributed by atoms with Crippen LogP contribution in [0, 0.1) is 0 Å². The number of hydrogen-bond acceptors (Lipinski definition) is 2. The molecule has 0 aliphatic heterocycles. The van der Waals surface area contributed by atoms with Gasteiger partial charge in [0.05, 0.1) is 6.20 Å². The molecule has 132 valence electrons. The van der Waals surface area contributed by atoms with Crippen molar-refractivity contribution in [1.29, 1.82) is 0 Å². The zero-order chi connectivity index (χ0) is 16.7. The van der Waals surface area contributed by atoms with E-state index in [0.29, 0.717) is 0 Å². The van der Waals surface area contributed by atoms with Crippen LogP contribution in [0.15, 0.2) is 41.7 Å². The molecule has 2 rings (SSSR count). The van der Waals surface area contributed by atoms with Crippen LogP contribution in [0.2, 0.25) is 5.02 Å². The first-order valence-corrected chi connectivity index (χ1v) is 8.17. The number of aromatic nitrogens is 2. The largest absolute Gasteiger partial charge is 0.357 e. The molecule has 0 unspecified atom stereocenters. The van der Waals surface area contributed by atoms with Crippen molar-refractivity contribution in [2.24, 2.45) is 12.0 Å². The van der Waals surface area contributed by atoms with Crippen LogP contribution in [0.4, 0.5) is 0 Å². The van der Waals surface area contributed by atoms with Gasteiger partial charge in [0.1, 0.15) is 0 Å². The van der Waals surface area contributed by atoms with Gasteiger partial charge in [-0.25, -0.2) is 0 Å². The van der Waals surface area contributed by atoms with Crippen LogP contribution < -0.4 is 5.32 Å². The Morgan fingerprint density at radius 3 is 2.79 bits per heavy atom. The van der Waals surface area contributed by atoms with E-state index in [0.717, 1.165) is 42.6 Å². The average Bonchev–Trinajstić information content (AvgIpc) is 2.92. The minimum Gasteiger partial charge on any atom is -0.357 e.